The first-order chi connectivity index (χ1) is 9.76. The zero-order valence-corrected chi connectivity index (χ0v) is 12.5. The molecule has 4 heteroatoms. The van der Waals surface area contributed by atoms with Crippen LogP contribution in [0.3, 0.4) is 0 Å². The number of aryl methyl sites for hydroxylation is 1. The predicted molar refractivity (Wildman–Crippen MR) is 81.0 cm³/mol. The highest BCUT2D eigenvalue weighted by Gasteiger charge is 2.22. The monoisotopic (exact) mass is 327 g/mol. The molecule has 1 N–H and O–H groups in total. The third kappa shape index (κ3) is 2.74. The molecule has 0 fully saturated rings. The number of nitrogens with one attached hydrogen (secondary N) is 1. The van der Waals surface area contributed by atoms with E-state index in [4.69, 9.17) is 5.26 Å². The Morgan fingerprint density at radius 3 is 3.05 bits per heavy atom. The minimum Gasteiger partial charge on any atom is -0.306 e. The van der Waals surface area contributed by atoms with Gasteiger partial charge in [0.25, 0.3) is 0 Å². The Balaban J connectivity index is 1.71. The first-order valence-corrected chi connectivity index (χ1v) is 7.41. The van der Waals surface area contributed by atoms with Gasteiger partial charge in [-0.25, -0.2) is 0 Å². The largest absolute Gasteiger partial charge is 0.306 e. The van der Waals surface area contributed by atoms with E-state index in [1.807, 2.05) is 18.3 Å². The lowest BCUT2D eigenvalue weighted by Gasteiger charge is -2.14. The first-order valence-electron chi connectivity index (χ1n) is 6.62. The number of pyridine rings is 1. The topological polar surface area (TPSA) is 48.7 Å². The molecule has 1 atom stereocenters. The van der Waals surface area contributed by atoms with Crippen LogP contribution in [0.2, 0.25) is 0 Å². The van der Waals surface area contributed by atoms with Gasteiger partial charge in [0.2, 0.25) is 0 Å². The number of benzene rings is 1. The van der Waals surface area contributed by atoms with Crippen LogP contribution >= 0.6 is 15.9 Å². The lowest BCUT2D eigenvalue weighted by Crippen LogP contribution is -2.18. The second-order valence-corrected chi connectivity index (χ2v) is 5.92. The van der Waals surface area contributed by atoms with Crippen LogP contribution in [0.25, 0.3) is 0 Å². The molecule has 20 heavy (non-hydrogen) atoms. The summed E-state index contributed by atoms with van der Waals surface area (Å²) in [5, 5.41) is 12.5. The van der Waals surface area contributed by atoms with Gasteiger partial charge in [-0.3, -0.25) is 4.98 Å². The molecule has 0 spiro atoms. The number of rotatable bonds is 3. The Morgan fingerprint density at radius 1 is 1.35 bits per heavy atom. The summed E-state index contributed by atoms with van der Waals surface area (Å²) in [7, 11) is 0. The highest BCUT2D eigenvalue weighted by molar-refractivity contribution is 9.10. The van der Waals surface area contributed by atoms with Crippen molar-refractivity contribution in [2.45, 2.75) is 25.4 Å². The normalized spacial score (nSPS) is 16.7. The van der Waals surface area contributed by atoms with Gasteiger partial charge in [0.05, 0.1) is 11.6 Å². The molecule has 0 aliphatic heterocycles. The van der Waals surface area contributed by atoms with E-state index in [1.54, 1.807) is 6.20 Å². The van der Waals surface area contributed by atoms with Gasteiger partial charge in [-0.05, 0) is 63.7 Å². The van der Waals surface area contributed by atoms with E-state index in [0.717, 1.165) is 29.4 Å². The highest BCUT2D eigenvalue weighted by atomic mass is 79.9. The van der Waals surface area contributed by atoms with Crippen LogP contribution < -0.4 is 5.32 Å². The molecule has 100 valence electrons. The molecule has 0 saturated heterocycles. The number of nitriles is 1. The summed E-state index contributed by atoms with van der Waals surface area (Å²) in [5.74, 6) is 0. The van der Waals surface area contributed by atoms with E-state index in [2.05, 4.69) is 44.4 Å². The van der Waals surface area contributed by atoms with Gasteiger partial charge >= 0.3 is 0 Å². The lowest BCUT2D eigenvalue weighted by molar-refractivity contribution is 0.529. The Labute approximate surface area is 126 Å². The van der Waals surface area contributed by atoms with Crippen LogP contribution in [-0.2, 0) is 13.0 Å². The van der Waals surface area contributed by atoms with E-state index in [1.165, 1.54) is 16.7 Å². The van der Waals surface area contributed by atoms with Crippen LogP contribution in [0, 0.1) is 11.3 Å². The van der Waals surface area contributed by atoms with E-state index in [9.17, 15) is 0 Å². The van der Waals surface area contributed by atoms with Crippen molar-refractivity contribution in [2.24, 2.45) is 0 Å². The van der Waals surface area contributed by atoms with Crippen LogP contribution in [0.1, 0.15) is 34.7 Å². The van der Waals surface area contributed by atoms with Crippen molar-refractivity contribution >= 4 is 15.9 Å². The van der Waals surface area contributed by atoms with Crippen LogP contribution in [0.5, 0.6) is 0 Å². The van der Waals surface area contributed by atoms with Crippen LogP contribution in [0.15, 0.2) is 41.1 Å². The van der Waals surface area contributed by atoms with Crippen molar-refractivity contribution < 1.29 is 0 Å². The maximum Gasteiger partial charge on any atom is 0.0991 e. The smallest absolute Gasteiger partial charge is 0.0991 e. The molecule has 1 aliphatic rings. The van der Waals surface area contributed by atoms with Gasteiger partial charge < -0.3 is 5.32 Å². The minimum absolute atomic E-state index is 0.372. The third-order valence-corrected chi connectivity index (χ3v) is 4.10. The number of hydrogen-bond acceptors (Lipinski definition) is 3. The predicted octanol–water partition coefficient (Wildman–Crippen LogP) is 3.49. The Morgan fingerprint density at radius 2 is 2.25 bits per heavy atom. The molecule has 1 unspecified atom stereocenters. The van der Waals surface area contributed by atoms with Crippen LogP contribution in [0.4, 0.5) is 0 Å². The SMILES string of the molecule is N#Cc1ccc2c(c1)CCC2NCc1cncc(Br)c1. The minimum atomic E-state index is 0.372. The Hall–Kier alpha value is -1.70. The number of nitrogens with zero attached hydrogens (tertiary/aromatic N) is 2. The molecule has 0 bridgehead atoms. The van der Waals surface area contributed by atoms with Crippen molar-refractivity contribution in [3.63, 3.8) is 0 Å². The van der Waals surface area contributed by atoms with Gasteiger partial charge in [-0.1, -0.05) is 6.07 Å². The third-order valence-electron chi connectivity index (χ3n) is 3.66. The fourth-order valence-corrected chi connectivity index (χ4v) is 3.10. The average Bonchev–Trinajstić information content (AvgIpc) is 2.87. The molecule has 0 saturated carbocycles. The molecule has 1 heterocycles. The molecular weight excluding hydrogens is 314 g/mol. The van der Waals surface area contributed by atoms with Crippen molar-refractivity contribution in [3.05, 3.63) is 63.4 Å². The molecular formula is C16H14BrN3. The van der Waals surface area contributed by atoms with Crippen LogP contribution in [-0.4, -0.2) is 4.98 Å². The second kappa shape index (κ2) is 5.74. The number of hydrogen-bond donors (Lipinski definition) is 1. The summed E-state index contributed by atoms with van der Waals surface area (Å²) < 4.78 is 1.00. The van der Waals surface area contributed by atoms with Crippen molar-refractivity contribution in [3.8, 4) is 6.07 Å². The maximum absolute atomic E-state index is 8.94. The standard InChI is InChI=1S/C16H14BrN3/c17-14-6-12(8-19-10-14)9-20-16-4-2-13-5-11(7-18)1-3-15(13)16/h1,3,5-6,8,10,16,20H,2,4,9H2. The zero-order chi connectivity index (χ0) is 13.9. The first kappa shape index (κ1) is 13.3. The van der Waals surface area contributed by atoms with Crippen molar-refractivity contribution in [1.29, 1.82) is 5.26 Å². The fraction of sp³-hybridized carbons (Fsp3) is 0.250. The molecule has 0 amide bonds. The zero-order valence-electron chi connectivity index (χ0n) is 10.9. The summed E-state index contributed by atoms with van der Waals surface area (Å²) in [4.78, 5) is 4.17. The van der Waals surface area contributed by atoms with E-state index in [-0.39, 0.29) is 0 Å². The molecule has 0 radical (unpaired) electrons. The fourth-order valence-electron chi connectivity index (χ4n) is 2.69. The van der Waals surface area contributed by atoms with E-state index < -0.39 is 0 Å². The van der Waals surface area contributed by atoms with Gasteiger partial charge in [0, 0.05) is 29.5 Å². The number of aromatic nitrogens is 1. The summed E-state index contributed by atoms with van der Waals surface area (Å²) in [5.41, 5.74) is 4.54. The van der Waals surface area contributed by atoms with Gasteiger partial charge in [-0.15, -0.1) is 0 Å². The Bertz CT molecular complexity index is 676. The summed E-state index contributed by atoms with van der Waals surface area (Å²) in [6.45, 7) is 0.802. The summed E-state index contributed by atoms with van der Waals surface area (Å²) >= 11 is 3.44. The molecule has 1 aliphatic carbocycles. The van der Waals surface area contributed by atoms with E-state index >= 15 is 0 Å². The molecule has 3 rings (SSSR count). The molecule has 1 aromatic heterocycles. The number of fused-ring (bicyclic) bond motifs is 1. The maximum atomic E-state index is 8.94. The average molecular weight is 328 g/mol. The van der Waals surface area contributed by atoms with Crippen molar-refractivity contribution in [2.75, 3.05) is 0 Å². The van der Waals surface area contributed by atoms with Gasteiger partial charge in [0.1, 0.15) is 0 Å². The van der Waals surface area contributed by atoms with Crippen molar-refractivity contribution in [1.82, 2.24) is 10.3 Å². The van der Waals surface area contributed by atoms with Gasteiger partial charge in [0.15, 0.2) is 0 Å². The highest BCUT2D eigenvalue weighted by Crippen LogP contribution is 2.31. The second-order valence-electron chi connectivity index (χ2n) is 5.01. The molecule has 3 nitrogen and oxygen atoms in total. The summed E-state index contributed by atoms with van der Waals surface area (Å²) in [6.07, 6.45) is 5.80. The Kier molecular flexibility index (Phi) is 3.81. The summed E-state index contributed by atoms with van der Waals surface area (Å²) in [6, 6.07) is 10.6. The quantitative estimate of drug-likeness (QED) is 0.938. The van der Waals surface area contributed by atoms with E-state index in [0.29, 0.717) is 6.04 Å². The number of halogens is 1. The molecule has 2 aromatic rings. The van der Waals surface area contributed by atoms with Gasteiger partial charge in [-0.2, -0.15) is 5.26 Å². The lowest BCUT2D eigenvalue weighted by atomic mass is 10.1. The molecule has 1 aromatic carbocycles.